The van der Waals surface area contributed by atoms with Crippen LogP contribution in [0.1, 0.15) is 18.4 Å². The summed E-state index contributed by atoms with van der Waals surface area (Å²) in [5, 5.41) is 7.26. The molecule has 0 aromatic heterocycles. The Morgan fingerprint density at radius 1 is 1.00 bits per heavy atom. The lowest BCUT2D eigenvalue weighted by atomic mass is 9.92. The maximum Gasteiger partial charge on any atom is 0.240 e. The maximum atomic E-state index is 12.1. The minimum absolute atomic E-state index is 0.0473. The molecule has 25 heavy (non-hydrogen) atoms. The van der Waals surface area contributed by atoms with Gasteiger partial charge in [0.05, 0.1) is 0 Å². The van der Waals surface area contributed by atoms with E-state index in [-0.39, 0.29) is 11.8 Å². The van der Waals surface area contributed by atoms with Gasteiger partial charge in [-0.1, -0.05) is 48.5 Å². The summed E-state index contributed by atoms with van der Waals surface area (Å²) < 4.78 is 0. The molecule has 2 amide bonds. The standard InChI is InChI=1S/C21H20N2O2/c22-20(24)19(23-21(25)13-9-10-13)12-18-16-7-3-1-5-14(16)11-15-6-2-4-8-17(15)18/h1-8,11,13,19H,9-10,12H2,(H2,22,24)(H,23,25)/t19-/m1/s1. The minimum Gasteiger partial charge on any atom is -0.368 e. The SMILES string of the molecule is NC(=O)[C@@H](Cc1c2ccccc2cc2ccccc12)NC(=O)C1CC1. The third kappa shape index (κ3) is 3.07. The van der Waals surface area contributed by atoms with E-state index in [4.69, 9.17) is 5.73 Å². The van der Waals surface area contributed by atoms with Crippen LogP contribution in [-0.2, 0) is 16.0 Å². The van der Waals surface area contributed by atoms with Gasteiger partial charge >= 0.3 is 0 Å². The number of hydrogen-bond donors (Lipinski definition) is 2. The first kappa shape index (κ1) is 15.6. The highest BCUT2D eigenvalue weighted by molar-refractivity contribution is 6.03. The normalized spacial score (nSPS) is 15.2. The lowest BCUT2D eigenvalue weighted by molar-refractivity contribution is -0.128. The lowest BCUT2D eigenvalue weighted by Crippen LogP contribution is -2.46. The van der Waals surface area contributed by atoms with Crippen LogP contribution in [0.4, 0.5) is 0 Å². The highest BCUT2D eigenvalue weighted by atomic mass is 16.2. The highest BCUT2D eigenvalue weighted by Crippen LogP contribution is 2.31. The zero-order chi connectivity index (χ0) is 17.4. The Morgan fingerprint density at radius 2 is 1.56 bits per heavy atom. The molecule has 0 unspecified atom stereocenters. The second-order valence-electron chi connectivity index (χ2n) is 6.74. The van der Waals surface area contributed by atoms with E-state index in [1.54, 1.807) is 0 Å². The van der Waals surface area contributed by atoms with Crippen molar-refractivity contribution in [3.63, 3.8) is 0 Å². The van der Waals surface area contributed by atoms with Crippen molar-refractivity contribution >= 4 is 33.4 Å². The van der Waals surface area contributed by atoms with Gasteiger partial charge in [-0.25, -0.2) is 0 Å². The van der Waals surface area contributed by atoms with E-state index in [0.29, 0.717) is 6.42 Å². The van der Waals surface area contributed by atoms with Crippen LogP contribution in [0.3, 0.4) is 0 Å². The number of primary amides is 1. The molecule has 1 aliphatic rings. The molecule has 0 spiro atoms. The molecule has 4 heteroatoms. The quantitative estimate of drug-likeness (QED) is 0.705. The molecular weight excluding hydrogens is 312 g/mol. The van der Waals surface area contributed by atoms with Crippen LogP contribution in [-0.4, -0.2) is 17.9 Å². The van der Waals surface area contributed by atoms with E-state index < -0.39 is 11.9 Å². The maximum absolute atomic E-state index is 12.1. The molecule has 0 saturated heterocycles. The number of benzene rings is 3. The summed E-state index contributed by atoms with van der Waals surface area (Å²) in [4.78, 5) is 24.1. The van der Waals surface area contributed by atoms with Gasteiger partial charge in [0.1, 0.15) is 6.04 Å². The second-order valence-corrected chi connectivity index (χ2v) is 6.74. The summed E-state index contributed by atoms with van der Waals surface area (Å²) in [5.41, 5.74) is 6.64. The fourth-order valence-electron chi connectivity index (χ4n) is 3.39. The van der Waals surface area contributed by atoms with Crippen molar-refractivity contribution in [2.24, 2.45) is 11.7 Å². The Morgan fingerprint density at radius 3 is 2.08 bits per heavy atom. The first-order chi connectivity index (χ1) is 12.1. The van der Waals surface area contributed by atoms with Gasteiger partial charge in [-0.2, -0.15) is 0 Å². The van der Waals surface area contributed by atoms with E-state index in [1.165, 1.54) is 0 Å². The van der Waals surface area contributed by atoms with Crippen LogP contribution >= 0.6 is 0 Å². The fraction of sp³-hybridized carbons (Fsp3) is 0.238. The lowest BCUT2D eigenvalue weighted by Gasteiger charge is -2.18. The molecule has 3 N–H and O–H groups in total. The van der Waals surface area contributed by atoms with Gasteiger partial charge in [-0.3, -0.25) is 9.59 Å². The van der Waals surface area contributed by atoms with Crippen molar-refractivity contribution in [2.75, 3.05) is 0 Å². The van der Waals surface area contributed by atoms with Gasteiger partial charge in [0.15, 0.2) is 0 Å². The number of nitrogens with two attached hydrogens (primary N) is 1. The number of carbonyl (C=O) groups excluding carboxylic acids is 2. The Kier molecular flexibility index (Phi) is 3.88. The molecule has 4 rings (SSSR count). The summed E-state index contributed by atoms with van der Waals surface area (Å²) in [6.07, 6.45) is 2.19. The molecule has 1 aliphatic carbocycles. The van der Waals surface area contributed by atoms with Crippen LogP contribution in [0.5, 0.6) is 0 Å². The molecule has 126 valence electrons. The zero-order valence-electron chi connectivity index (χ0n) is 13.9. The third-order valence-corrected chi connectivity index (χ3v) is 4.90. The van der Waals surface area contributed by atoms with Gasteiger partial charge < -0.3 is 11.1 Å². The van der Waals surface area contributed by atoms with Gasteiger partial charge in [0.25, 0.3) is 0 Å². The minimum atomic E-state index is -0.692. The van der Waals surface area contributed by atoms with Crippen molar-refractivity contribution in [3.05, 3.63) is 60.2 Å². The molecule has 4 nitrogen and oxygen atoms in total. The summed E-state index contributed by atoms with van der Waals surface area (Å²) in [6, 6.07) is 17.7. The average Bonchev–Trinajstić information content (AvgIpc) is 3.45. The predicted octanol–water partition coefficient (Wildman–Crippen LogP) is 2.92. The zero-order valence-corrected chi connectivity index (χ0v) is 13.9. The molecule has 0 radical (unpaired) electrons. The fourth-order valence-corrected chi connectivity index (χ4v) is 3.39. The molecule has 0 bridgehead atoms. The number of carbonyl (C=O) groups is 2. The molecule has 3 aromatic carbocycles. The van der Waals surface area contributed by atoms with Crippen molar-refractivity contribution in [3.8, 4) is 0 Å². The number of nitrogens with one attached hydrogen (secondary N) is 1. The van der Waals surface area contributed by atoms with Crippen LogP contribution in [0.25, 0.3) is 21.5 Å². The van der Waals surface area contributed by atoms with Crippen LogP contribution < -0.4 is 11.1 Å². The van der Waals surface area contributed by atoms with Gasteiger partial charge in [-0.15, -0.1) is 0 Å². The molecule has 1 fully saturated rings. The van der Waals surface area contributed by atoms with Crippen LogP contribution in [0, 0.1) is 5.92 Å². The van der Waals surface area contributed by atoms with Gasteiger partial charge in [-0.05, 0) is 46.0 Å². The van der Waals surface area contributed by atoms with Crippen molar-refractivity contribution < 1.29 is 9.59 Å². The summed E-state index contributed by atoms with van der Waals surface area (Å²) in [7, 11) is 0. The number of amides is 2. The Bertz CT molecular complexity index is 922. The predicted molar refractivity (Wildman–Crippen MR) is 99.0 cm³/mol. The second kappa shape index (κ2) is 6.20. The first-order valence-corrected chi connectivity index (χ1v) is 8.62. The molecule has 1 saturated carbocycles. The molecule has 0 aliphatic heterocycles. The summed E-state index contributed by atoms with van der Waals surface area (Å²) in [6.45, 7) is 0. The summed E-state index contributed by atoms with van der Waals surface area (Å²) >= 11 is 0. The van der Waals surface area contributed by atoms with Crippen LogP contribution in [0.2, 0.25) is 0 Å². The molecule has 1 atom stereocenters. The molecule has 0 heterocycles. The van der Waals surface area contributed by atoms with E-state index in [2.05, 4.69) is 35.6 Å². The van der Waals surface area contributed by atoms with E-state index >= 15 is 0 Å². The van der Waals surface area contributed by atoms with Crippen molar-refractivity contribution in [1.29, 1.82) is 0 Å². The number of rotatable bonds is 5. The summed E-state index contributed by atoms with van der Waals surface area (Å²) in [5.74, 6) is -0.509. The van der Waals surface area contributed by atoms with Crippen LogP contribution in [0.15, 0.2) is 54.6 Å². The largest absolute Gasteiger partial charge is 0.368 e. The number of fused-ring (bicyclic) bond motifs is 2. The van der Waals surface area contributed by atoms with Crippen molar-refractivity contribution in [2.45, 2.75) is 25.3 Å². The van der Waals surface area contributed by atoms with Gasteiger partial charge in [0, 0.05) is 12.3 Å². The third-order valence-electron chi connectivity index (χ3n) is 4.90. The Balaban J connectivity index is 1.79. The molecular formula is C21H20N2O2. The van der Waals surface area contributed by atoms with E-state index in [0.717, 1.165) is 39.9 Å². The Labute approximate surface area is 146 Å². The van der Waals surface area contributed by atoms with E-state index in [1.807, 2.05) is 24.3 Å². The van der Waals surface area contributed by atoms with Gasteiger partial charge in [0.2, 0.25) is 11.8 Å². The van der Waals surface area contributed by atoms with E-state index in [9.17, 15) is 9.59 Å². The Hall–Kier alpha value is -2.88. The first-order valence-electron chi connectivity index (χ1n) is 8.62. The highest BCUT2D eigenvalue weighted by Gasteiger charge is 2.32. The average molecular weight is 332 g/mol. The molecule has 3 aromatic rings. The topological polar surface area (TPSA) is 72.2 Å². The van der Waals surface area contributed by atoms with Crippen molar-refractivity contribution in [1.82, 2.24) is 5.32 Å². The number of hydrogen-bond acceptors (Lipinski definition) is 2. The smallest absolute Gasteiger partial charge is 0.240 e. The monoisotopic (exact) mass is 332 g/mol.